The fraction of sp³-hybridized carbons (Fsp3) is 0.429. The van der Waals surface area contributed by atoms with Crippen LogP contribution >= 0.6 is 0 Å². The number of rotatable bonds is 7. The van der Waals surface area contributed by atoms with Gasteiger partial charge in [0.2, 0.25) is 0 Å². The van der Waals surface area contributed by atoms with Crippen LogP contribution < -0.4 is 10.5 Å². The molecule has 0 bridgehead atoms. The van der Waals surface area contributed by atoms with E-state index in [-0.39, 0.29) is 29.5 Å². The maximum atomic E-state index is 14.0. The molecule has 2 aliphatic heterocycles. The Bertz CT molecular complexity index is 1650. The Kier molecular flexibility index (Phi) is 6.33. The van der Waals surface area contributed by atoms with Gasteiger partial charge in [-0.3, -0.25) is 19.4 Å². The summed E-state index contributed by atoms with van der Waals surface area (Å²) in [5.74, 6) is -0.483. The van der Waals surface area contributed by atoms with Crippen molar-refractivity contribution in [2.45, 2.75) is 56.7 Å². The molecule has 3 N–H and O–H groups in total. The minimum absolute atomic E-state index is 0.00149. The van der Waals surface area contributed by atoms with E-state index < -0.39 is 20.0 Å². The maximum absolute atomic E-state index is 14.0. The number of aliphatic hydroxyl groups excluding tert-OH is 1. The first-order valence-electron chi connectivity index (χ1n) is 13.6. The number of aromatic amines is 1. The molecule has 0 radical (unpaired) electrons. The van der Waals surface area contributed by atoms with E-state index in [2.05, 4.69) is 15.4 Å². The highest BCUT2D eigenvalue weighted by Gasteiger charge is 2.65. The molecule has 12 heteroatoms. The van der Waals surface area contributed by atoms with Crippen LogP contribution in [0, 0.1) is 5.92 Å². The van der Waals surface area contributed by atoms with Crippen LogP contribution in [0.25, 0.3) is 16.6 Å². The summed E-state index contributed by atoms with van der Waals surface area (Å²) in [5.41, 5.74) is 1.78. The molecule has 0 saturated carbocycles. The zero-order valence-corrected chi connectivity index (χ0v) is 24.0. The van der Waals surface area contributed by atoms with Gasteiger partial charge in [0, 0.05) is 49.8 Å². The average Bonchev–Trinajstić information content (AvgIpc) is 3.64. The topological polar surface area (TPSA) is 138 Å². The molecule has 1 saturated heterocycles. The third-order valence-corrected chi connectivity index (χ3v) is 11.0. The molecule has 6 rings (SSSR count). The molecule has 4 heterocycles. The Morgan fingerprint density at radius 1 is 1.18 bits per heavy atom. The van der Waals surface area contributed by atoms with E-state index in [1.165, 1.54) is 4.68 Å². The highest BCUT2D eigenvalue weighted by molar-refractivity contribution is 6.71. The summed E-state index contributed by atoms with van der Waals surface area (Å²) in [4.78, 5) is 40.3. The zero-order chi connectivity index (χ0) is 28.4. The van der Waals surface area contributed by atoms with E-state index in [1.807, 2.05) is 56.4 Å². The second-order valence-electron chi connectivity index (χ2n) is 11.5. The normalized spacial score (nSPS) is 24.5. The number of benzene rings is 2. The van der Waals surface area contributed by atoms with Crippen LogP contribution in [0.5, 0.6) is 0 Å². The summed E-state index contributed by atoms with van der Waals surface area (Å²) >= 11 is 0. The molecular formula is C28H34N6O5Si. The number of hydrogen-bond acceptors (Lipinski definition) is 7. The molecule has 0 aliphatic carbocycles. The predicted octanol–water partition coefficient (Wildman–Crippen LogP) is 2.31. The molecular weight excluding hydrogens is 528 g/mol. The van der Waals surface area contributed by atoms with Crippen molar-refractivity contribution in [3.05, 3.63) is 70.3 Å². The van der Waals surface area contributed by atoms with Crippen LogP contribution in [0.3, 0.4) is 0 Å². The van der Waals surface area contributed by atoms with Gasteiger partial charge in [0.25, 0.3) is 11.5 Å². The fourth-order valence-electron chi connectivity index (χ4n) is 6.76. The van der Waals surface area contributed by atoms with Gasteiger partial charge in [-0.05, 0) is 49.8 Å². The second kappa shape index (κ2) is 9.51. The van der Waals surface area contributed by atoms with E-state index in [1.54, 1.807) is 28.9 Å². The van der Waals surface area contributed by atoms with E-state index >= 15 is 0 Å². The lowest BCUT2D eigenvalue weighted by Crippen LogP contribution is -2.45. The highest BCUT2D eigenvalue weighted by Crippen LogP contribution is 2.59. The molecule has 40 heavy (non-hydrogen) atoms. The van der Waals surface area contributed by atoms with Gasteiger partial charge in [-0.2, -0.15) is 0 Å². The lowest BCUT2D eigenvalue weighted by atomic mass is 9.82. The molecule has 2 aromatic heterocycles. The highest BCUT2D eigenvalue weighted by atomic mass is 28.4. The number of carbonyl (C=O) groups excluding carboxylic acids is 1. The van der Waals surface area contributed by atoms with Crippen LogP contribution in [0.2, 0.25) is 18.6 Å². The summed E-state index contributed by atoms with van der Waals surface area (Å²) in [7, 11) is -1.07. The first-order valence-corrected chi connectivity index (χ1v) is 16.6. The van der Waals surface area contributed by atoms with Crippen molar-refractivity contribution < 1.29 is 19.4 Å². The molecule has 1 amide bonds. The number of amides is 1. The van der Waals surface area contributed by atoms with E-state index in [0.29, 0.717) is 41.7 Å². The fourth-order valence-corrected chi connectivity index (χ4v) is 9.36. The number of para-hydroxylation sites is 1. The first-order chi connectivity index (χ1) is 19.1. The van der Waals surface area contributed by atoms with E-state index in [0.717, 1.165) is 11.2 Å². The Morgan fingerprint density at radius 3 is 2.67 bits per heavy atom. The number of H-pyrrole nitrogens is 1. The van der Waals surface area contributed by atoms with Gasteiger partial charge < -0.3 is 19.5 Å². The molecule has 2 aliphatic rings. The lowest BCUT2D eigenvalue weighted by molar-refractivity contribution is -0.145. The van der Waals surface area contributed by atoms with Gasteiger partial charge in [-0.15, -0.1) is 5.10 Å². The van der Waals surface area contributed by atoms with Crippen LogP contribution in [0.4, 0.5) is 5.69 Å². The van der Waals surface area contributed by atoms with Crippen molar-refractivity contribution in [3.8, 4) is 5.69 Å². The van der Waals surface area contributed by atoms with E-state index in [4.69, 9.17) is 4.74 Å². The minimum Gasteiger partial charge on any atom is -0.432 e. The monoisotopic (exact) mass is 562 g/mol. The first kappa shape index (κ1) is 26.6. The Balaban J connectivity index is 1.40. The van der Waals surface area contributed by atoms with Gasteiger partial charge in [-0.1, -0.05) is 24.3 Å². The largest absolute Gasteiger partial charge is 0.432 e. The van der Waals surface area contributed by atoms with Crippen molar-refractivity contribution in [1.29, 1.82) is 0 Å². The van der Waals surface area contributed by atoms with Crippen LogP contribution in [0.1, 0.15) is 24.6 Å². The third-order valence-electron chi connectivity index (χ3n) is 8.55. The number of aromatic nitrogens is 5. The SMILES string of the molecule is C[C@@H]1[C@@H]([Si](C)(C)O)[C@H](CCn2cc(CCO)nn2)O[C@@]12C(=O)N(C)c1ccc(-n3[nH]c4ccccc4c3=O)cc12. The number of ether oxygens (including phenoxy) is 1. The zero-order valence-electron chi connectivity index (χ0n) is 23.0. The number of fused-ring (bicyclic) bond motifs is 3. The number of nitrogens with one attached hydrogen (secondary N) is 1. The molecule has 0 unspecified atom stereocenters. The Hall–Kier alpha value is -3.58. The van der Waals surface area contributed by atoms with Crippen molar-refractivity contribution >= 4 is 30.8 Å². The Labute approximate surface area is 232 Å². The molecule has 2 aromatic carbocycles. The number of carbonyl (C=O) groups is 1. The molecule has 210 valence electrons. The molecule has 4 aromatic rings. The van der Waals surface area contributed by atoms with Crippen molar-refractivity contribution in [1.82, 2.24) is 24.8 Å². The maximum Gasteiger partial charge on any atom is 0.279 e. The predicted molar refractivity (Wildman–Crippen MR) is 152 cm³/mol. The molecule has 4 atom stereocenters. The summed E-state index contributed by atoms with van der Waals surface area (Å²) in [6, 6.07) is 12.9. The molecule has 11 nitrogen and oxygen atoms in total. The number of anilines is 1. The van der Waals surface area contributed by atoms with Gasteiger partial charge in [0.05, 0.1) is 34.1 Å². The third kappa shape index (κ3) is 3.97. The van der Waals surface area contributed by atoms with Crippen molar-refractivity contribution in [2.24, 2.45) is 5.92 Å². The number of nitrogens with zero attached hydrogens (tertiary/aromatic N) is 5. The van der Waals surface area contributed by atoms with Crippen molar-refractivity contribution in [3.63, 3.8) is 0 Å². The van der Waals surface area contributed by atoms with Gasteiger partial charge in [0.1, 0.15) is 0 Å². The second-order valence-corrected chi connectivity index (χ2v) is 15.4. The van der Waals surface area contributed by atoms with Crippen LogP contribution in [0.15, 0.2) is 53.5 Å². The average molecular weight is 563 g/mol. The summed E-state index contributed by atoms with van der Waals surface area (Å²) < 4.78 is 10.0. The summed E-state index contributed by atoms with van der Waals surface area (Å²) in [6.45, 7) is 6.27. The number of hydrogen-bond donors (Lipinski definition) is 3. The van der Waals surface area contributed by atoms with Gasteiger partial charge in [-0.25, -0.2) is 4.68 Å². The number of aliphatic hydroxyl groups is 1. The van der Waals surface area contributed by atoms with Gasteiger partial charge >= 0.3 is 0 Å². The number of aryl methyl sites for hydroxylation is 1. The molecule has 1 spiro atoms. The minimum atomic E-state index is -2.81. The molecule has 1 fully saturated rings. The van der Waals surface area contributed by atoms with Crippen molar-refractivity contribution in [2.75, 3.05) is 18.6 Å². The van der Waals surface area contributed by atoms with Crippen LogP contribution in [-0.2, 0) is 28.1 Å². The van der Waals surface area contributed by atoms with E-state index in [9.17, 15) is 19.5 Å². The van der Waals surface area contributed by atoms with Crippen LogP contribution in [-0.4, -0.2) is 68.7 Å². The summed E-state index contributed by atoms with van der Waals surface area (Å²) in [6.07, 6.45) is 2.37. The quantitative estimate of drug-likeness (QED) is 0.294. The summed E-state index contributed by atoms with van der Waals surface area (Å²) in [5, 5.41) is 21.2. The smallest absolute Gasteiger partial charge is 0.279 e. The van der Waals surface area contributed by atoms with Gasteiger partial charge in [0.15, 0.2) is 13.9 Å². The number of likely N-dealkylation sites (N-methyl/N-ethyl adjacent to an activating group) is 1. The lowest BCUT2D eigenvalue weighted by Gasteiger charge is -2.32. The standard InChI is InChI=1S/C28H34N6O5Si/c1-17-25(40(3,4)38)24(11-13-33-16-18(12-14-35)29-31-33)39-28(17)21-15-19(9-10-23(21)32(2)27(28)37)34-26(36)20-7-5-6-8-22(20)30-34/h5-10,15-17,24-25,30,35,38H,11-14H2,1-4H3/t17-,24+,25-,28+/m1/s1. The Morgan fingerprint density at radius 2 is 1.95 bits per heavy atom.